The third-order valence-electron chi connectivity index (χ3n) is 4.97. The standard InChI is InChI=1S/C21H32N4O4/c1-2-28-18-5-7-19(8-6-18)29-14-9-22-20(26)15-24-10-12-25(13-11-24)16-21(27)23-17-3-4-17/h5-8,17H,2-4,9-16H2,1H3,(H,22,26)(H,23,27). The highest BCUT2D eigenvalue weighted by molar-refractivity contribution is 5.79. The first-order valence-electron chi connectivity index (χ1n) is 10.5. The average molecular weight is 405 g/mol. The Kier molecular flexibility index (Phi) is 8.13. The van der Waals surface area contributed by atoms with Crippen molar-refractivity contribution >= 4 is 11.8 Å². The quantitative estimate of drug-likeness (QED) is 0.522. The normalized spacial score (nSPS) is 17.6. The van der Waals surface area contributed by atoms with Crippen LogP contribution in [0.3, 0.4) is 0 Å². The Morgan fingerprint density at radius 3 is 2.03 bits per heavy atom. The van der Waals surface area contributed by atoms with Crippen LogP contribution in [0.25, 0.3) is 0 Å². The lowest BCUT2D eigenvalue weighted by Crippen LogP contribution is -2.51. The van der Waals surface area contributed by atoms with Crippen LogP contribution in [0.4, 0.5) is 0 Å². The van der Waals surface area contributed by atoms with Crippen molar-refractivity contribution < 1.29 is 19.1 Å². The van der Waals surface area contributed by atoms with Crippen LogP contribution in [-0.4, -0.2) is 86.7 Å². The number of carbonyl (C=O) groups is 2. The summed E-state index contributed by atoms with van der Waals surface area (Å²) in [5.41, 5.74) is 0. The van der Waals surface area contributed by atoms with Crippen molar-refractivity contribution in [1.29, 1.82) is 0 Å². The molecule has 2 fully saturated rings. The van der Waals surface area contributed by atoms with Crippen molar-refractivity contribution in [2.24, 2.45) is 0 Å². The summed E-state index contributed by atoms with van der Waals surface area (Å²) in [7, 11) is 0. The number of ether oxygens (including phenoxy) is 2. The molecular formula is C21H32N4O4. The molecule has 0 atom stereocenters. The van der Waals surface area contributed by atoms with E-state index >= 15 is 0 Å². The number of rotatable bonds is 11. The third-order valence-corrected chi connectivity index (χ3v) is 4.97. The van der Waals surface area contributed by atoms with Gasteiger partial charge in [0, 0.05) is 32.2 Å². The summed E-state index contributed by atoms with van der Waals surface area (Å²) < 4.78 is 11.0. The van der Waals surface area contributed by atoms with Crippen LogP contribution in [0, 0.1) is 0 Å². The van der Waals surface area contributed by atoms with Gasteiger partial charge in [0.2, 0.25) is 11.8 Å². The van der Waals surface area contributed by atoms with Gasteiger partial charge >= 0.3 is 0 Å². The molecule has 8 heteroatoms. The molecule has 0 radical (unpaired) electrons. The minimum atomic E-state index is 0.000204. The van der Waals surface area contributed by atoms with E-state index in [0.717, 1.165) is 50.5 Å². The van der Waals surface area contributed by atoms with Gasteiger partial charge in [-0.05, 0) is 44.0 Å². The predicted molar refractivity (Wildman–Crippen MR) is 110 cm³/mol. The average Bonchev–Trinajstić information content (AvgIpc) is 3.52. The van der Waals surface area contributed by atoms with Gasteiger partial charge < -0.3 is 20.1 Å². The van der Waals surface area contributed by atoms with Crippen LogP contribution in [0.2, 0.25) is 0 Å². The SMILES string of the molecule is CCOc1ccc(OCCNC(=O)CN2CCN(CC(=O)NC3CC3)CC2)cc1. The molecule has 0 spiro atoms. The highest BCUT2D eigenvalue weighted by Crippen LogP contribution is 2.18. The number of piperazine rings is 1. The monoisotopic (exact) mass is 404 g/mol. The Balaban J connectivity index is 1.24. The number of hydrogen-bond acceptors (Lipinski definition) is 6. The zero-order chi connectivity index (χ0) is 20.5. The lowest BCUT2D eigenvalue weighted by atomic mass is 10.3. The third kappa shape index (κ3) is 7.91. The van der Waals surface area contributed by atoms with E-state index in [1.165, 1.54) is 0 Å². The lowest BCUT2D eigenvalue weighted by Gasteiger charge is -2.33. The van der Waals surface area contributed by atoms with Crippen molar-refractivity contribution in [3.05, 3.63) is 24.3 Å². The van der Waals surface area contributed by atoms with E-state index in [2.05, 4.69) is 20.4 Å². The smallest absolute Gasteiger partial charge is 0.234 e. The highest BCUT2D eigenvalue weighted by atomic mass is 16.5. The van der Waals surface area contributed by atoms with Crippen LogP contribution in [0.15, 0.2) is 24.3 Å². The molecule has 1 heterocycles. The zero-order valence-electron chi connectivity index (χ0n) is 17.2. The summed E-state index contributed by atoms with van der Waals surface area (Å²) >= 11 is 0. The summed E-state index contributed by atoms with van der Waals surface area (Å²) in [5, 5.41) is 5.91. The van der Waals surface area contributed by atoms with Gasteiger partial charge in [-0.15, -0.1) is 0 Å². The van der Waals surface area contributed by atoms with Crippen LogP contribution >= 0.6 is 0 Å². The first kappa shape index (κ1) is 21.4. The maximum atomic E-state index is 12.1. The molecule has 2 aliphatic rings. The zero-order valence-corrected chi connectivity index (χ0v) is 17.2. The van der Waals surface area contributed by atoms with E-state index < -0.39 is 0 Å². The molecule has 1 aromatic rings. The number of hydrogen-bond donors (Lipinski definition) is 2. The van der Waals surface area contributed by atoms with Crippen LogP contribution in [0.5, 0.6) is 11.5 Å². The Bertz CT molecular complexity index is 655. The molecule has 29 heavy (non-hydrogen) atoms. The first-order chi connectivity index (χ1) is 14.1. The molecule has 1 aliphatic carbocycles. The fourth-order valence-corrected chi connectivity index (χ4v) is 3.23. The van der Waals surface area contributed by atoms with Gasteiger partial charge in [-0.3, -0.25) is 19.4 Å². The van der Waals surface area contributed by atoms with Gasteiger partial charge in [-0.1, -0.05) is 0 Å². The van der Waals surface area contributed by atoms with Gasteiger partial charge in [-0.25, -0.2) is 0 Å². The van der Waals surface area contributed by atoms with Gasteiger partial charge in [-0.2, -0.15) is 0 Å². The van der Waals surface area contributed by atoms with E-state index in [1.54, 1.807) is 0 Å². The number of benzene rings is 1. The second kappa shape index (κ2) is 11.0. The predicted octanol–water partition coefficient (Wildman–Crippen LogP) is 0.477. The molecule has 2 N–H and O–H groups in total. The van der Waals surface area contributed by atoms with Crippen molar-refractivity contribution in [1.82, 2.24) is 20.4 Å². The first-order valence-corrected chi connectivity index (χ1v) is 10.5. The van der Waals surface area contributed by atoms with E-state index in [9.17, 15) is 9.59 Å². The molecular weight excluding hydrogens is 372 g/mol. The molecule has 0 unspecified atom stereocenters. The molecule has 0 bridgehead atoms. The summed E-state index contributed by atoms with van der Waals surface area (Å²) in [6.07, 6.45) is 2.22. The van der Waals surface area contributed by atoms with Crippen LogP contribution in [0.1, 0.15) is 19.8 Å². The Morgan fingerprint density at radius 1 is 0.931 bits per heavy atom. The summed E-state index contributed by atoms with van der Waals surface area (Å²) in [6.45, 7) is 7.53. The lowest BCUT2D eigenvalue weighted by molar-refractivity contribution is -0.125. The number of nitrogens with zero attached hydrogens (tertiary/aromatic N) is 2. The molecule has 0 aromatic heterocycles. The summed E-state index contributed by atoms with van der Waals surface area (Å²) in [6, 6.07) is 7.86. The molecule has 2 amide bonds. The van der Waals surface area contributed by atoms with Crippen LogP contribution < -0.4 is 20.1 Å². The Labute approximate surface area is 172 Å². The fourth-order valence-electron chi connectivity index (χ4n) is 3.23. The van der Waals surface area contributed by atoms with Crippen molar-refractivity contribution in [3.8, 4) is 11.5 Å². The van der Waals surface area contributed by atoms with Gasteiger partial charge in [0.15, 0.2) is 0 Å². The maximum absolute atomic E-state index is 12.1. The molecule has 8 nitrogen and oxygen atoms in total. The van der Waals surface area contributed by atoms with Gasteiger partial charge in [0.1, 0.15) is 18.1 Å². The van der Waals surface area contributed by atoms with Crippen molar-refractivity contribution in [2.45, 2.75) is 25.8 Å². The second-order valence-corrected chi connectivity index (χ2v) is 7.50. The van der Waals surface area contributed by atoms with E-state index in [-0.39, 0.29) is 11.8 Å². The minimum absolute atomic E-state index is 0.000204. The number of amides is 2. The van der Waals surface area contributed by atoms with Crippen LogP contribution in [-0.2, 0) is 9.59 Å². The Hall–Kier alpha value is -2.32. The van der Waals surface area contributed by atoms with Crippen molar-refractivity contribution in [2.75, 3.05) is 59.0 Å². The molecule has 1 saturated carbocycles. The Morgan fingerprint density at radius 2 is 1.48 bits per heavy atom. The largest absolute Gasteiger partial charge is 0.494 e. The van der Waals surface area contributed by atoms with Crippen molar-refractivity contribution in [3.63, 3.8) is 0 Å². The second-order valence-electron chi connectivity index (χ2n) is 7.50. The number of carbonyl (C=O) groups excluding carboxylic acids is 2. The summed E-state index contributed by atoms with van der Waals surface area (Å²) in [4.78, 5) is 28.3. The topological polar surface area (TPSA) is 83.1 Å². The van der Waals surface area contributed by atoms with E-state index in [1.807, 2.05) is 31.2 Å². The molecule has 1 saturated heterocycles. The molecule has 1 aromatic carbocycles. The fraction of sp³-hybridized carbons (Fsp3) is 0.619. The highest BCUT2D eigenvalue weighted by Gasteiger charge is 2.25. The maximum Gasteiger partial charge on any atom is 0.234 e. The molecule has 160 valence electrons. The van der Waals surface area contributed by atoms with Gasteiger partial charge in [0.05, 0.1) is 26.2 Å². The minimum Gasteiger partial charge on any atom is -0.494 e. The van der Waals surface area contributed by atoms with Gasteiger partial charge in [0.25, 0.3) is 0 Å². The summed E-state index contributed by atoms with van der Waals surface area (Å²) in [5.74, 6) is 1.69. The number of nitrogens with one attached hydrogen (secondary N) is 2. The molecule has 1 aliphatic heterocycles. The van der Waals surface area contributed by atoms with E-state index in [4.69, 9.17) is 9.47 Å². The molecule has 3 rings (SSSR count). The van der Waals surface area contributed by atoms with E-state index in [0.29, 0.717) is 38.9 Å².